The van der Waals surface area contributed by atoms with Gasteiger partial charge in [0, 0.05) is 65.0 Å². The third kappa shape index (κ3) is 2.97. The average Bonchev–Trinajstić information content (AvgIpc) is 3.16. The van der Waals surface area contributed by atoms with Crippen LogP contribution in [0.15, 0.2) is 36.4 Å². The molecule has 168 valence electrons. The number of ketones is 1. The number of nitrogens with zero attached hydrogens (tertiary/aromatic N) is 3. The highest BCUT2D eigenvalue weighted by Crippen LogP contribution is 2.45. The number of carbonyl (C=O) groups is 1. The van der Waals surface area contributed by atoms with Gasteiger partial charge in [-0.3, -0.25) is 9.69 Å². The lowest BCUT2D eigenvalue weighted by molar-refractivity contribution is 0.103. The molecule has 3 aromatic rings. The Morgan fingerprint density at radius 3 is 2.64 bits per heavy atom. The van der Waals surface area contributed by atoms with Crippen molar-refractivity contribution in [2.45, 2.75) is 57.5 Å². The fourth-order valence-corrected chi connectivity index (χ4v) is 6.12. The minimum atomic E-state index is -0.336. The number of anilines is 1. The van der Waals surface area contributed by atoms with Crippen LogP contribution in [0, 0.1) is 11.3 Å². The number of hydrogen-bond donors (Lipinski definition) is 1. The Morgan fingerprint density at radius 2 is 1.94 bits per heavy atom. The van der Waals surface area contributed by atoms with Crippen molar-refractivity contribution < 1.29 is 4.79 Å². The highest BCUT2D eigenvalue weighted by molar-refractivity contribution is 6.20. The topological polar surface area (TPSA) is 63.1 Å². The minimum absolute atomic E-state index is 0.0738. The molecule has 5 heteroatoms. The Balaban J connectivity index is 1.38. The summed E-state index contributed by atoms with van der Waals surface area (Å²) in [4.78, 5) is 22.3. The number of aromatic amines is 1. The summed E-state index contributed by atoms with van der Waals surface area (Å²) in [5.41, 5.74) is 5.90. The van der Waals surface area contributed by atoms with Gasteiger partial charge in [0.2, 0.25) is 0 Å². The summed E-state index contributed by atoms with van der Waals surface area (Å²) in [6.45, 7) is 9.96. The standard InChI is InChI=1S/C28H30N4O/c1-17-16-31(19-5-4-6-19)11-12-32(17)20-8-10-21-23(14-20)28(2,3)27-25(26(21)33)22-9-7-18(15-29)13-24(22)30-27/h7-10,13-14,17,19,30H,4-6,11-12,16H2,1-3H3. The lowest BCUT2D eigenvalue weighted by Gasteiger charge is -2.47. The number of fused-ring (bicyclic) bond motifs is 4. The van der Waals surface area contributed by atoms with E-state index < -0.39 is 0 Å². The van der Waals surface area contributed by atoms with Crippen LogP contribution in [-0.4, -0.2) is 47.4 Å². The largest absolute Gasteiger partial charge is 0.366 e. The number of carbonyl (C=O) groups excluding carboxylic acids is 1. The maximum atomic E-state index is 13.6. The number of aromatic nitrogens is 1. The Kier molecular flexibility index (Phi) is 4.47. The Hall–Kier alpha value is -3.10. The summed E-state index contributed by atoms with van der Waals surface area (Å²) in [5, 5.41) is 10.2. The van der Waals surface area contributed by atoms with E-state index in [2.05, 4.69) is 53.8 Å². The number of hydrogen-bond acceptors (Lipinski definition) is 4. The van der Waals surface area contributed by atoms with E-state index in [1.54, 1.807) is 6.07 Å². The second kappa shape index (κ2) is 7.20. The van der Waals surface area contributed by atoms with Crippen LogP contribution < -0.4 is 4.90 Å². The maximum Gasteiger partial charge on any atom is 0.195 e. The fourth-order valence-electron chi connectivity index (χ4n) is 6.12. The van der Waals surface area contributed by atoms with Crippen LogP contribution in [0.4, 0.5) is 5.69 Å². The first-order valence-corrected chi connectivity index (χ1v) is 12.1. The summed E-state index contributed by atoms with van der Waals surface area (Å²) < 4.78 is 0. The van der Waals surface area contributed by atoms with Gasteiger partial charge in [-0.15, -0.1) is 0 Å². The number of H-pyrrole nitrogens is 1. The molecule has 1 N–H and O–H groups in total. The lowest BCUT2D eigenvalue weighted by atomic mass is 9.71. The van der Waals surface area contributed by atoms with E-state index in [1.807, 2.05) is 18.2 Å². The van der Waals surface area contributed by atoms with E-state index in [9.17, 15) is 10.1 Å². The van der Waals surface area contributed by atoms with Crippen molar-refractivity contribution in [3.05, 3.63) is 64.3 Å². The molecule has 0 amide bonds. The molecule has 0 bridgehead atoms. The van der Waals surface area contributed by atoms with Gasteiger partial charge in [0.25, 0.3) is 0 Å². The van der Waals surface area contributed by atoms with E-state index >= 15 is 0 Å². The van der Waals surface area contributed by atoms with Crippen molar-refractivity contribution >= 4 is 22.4 Å². The Morgan fingerprint density at radius 1 is 1.12 bits per heavy atom. The third-order valence-corrected chi connectivity index (χ3v) is 8.28. The lowest BCUT2D eigenvalue weighted by Crippen LogP contribution is -2.56. The van der Waals surface area contributed by atoms with Crippen molar-refractivity contribution in [1.29, 1.82) is 5.26 Å². The minimum Gasteiger partial charge on any atom is -0.366 e. The molecule has 1 saturated heterocycles. The first kappa shape index (κ1) is 20.5. The number of piperazine rings is 1. The van der Waals surface area contributed by atoms with Gasteiger partial charge in [-0.25, -0.2) is 0 Å². The zero-order chi connectivity index (χ0) is 22.9. The van der Waals surface area contributed by atoms with Crippen molar-refractivity contribution in [2.24, 2.45) is 0 Å². The Bertz CT molecular complexity index is 1320. The van der Waals surface area contributed by atoms with E-state index in [0.717, 1.165) is 59.0 Å². The van der Waals surface area contributed by atoms with Gasteiger partial charge in [0.05, 0.1) is 17.2 Å². The molecule has 2 aromatic carbocycles. The molecule has 0 spiro atoms. The van der Waals surface area contributed by atoms with Crippen molar-refractivity contribution in [2.75, 3.05) is 24.5 Å². The summed E-state index contributed by atoms with van der Waals surface area (Å²) in [6, 6.07) is 15.4. The van der Waals surface area contributed by atoms with Crippen LogP contribution in [0.5, 0.6) is 0 Å². The van der Waals surface area contributed by atoms with Crippen molar-refractivity contribution in [1.82, 2.24) is 9.88 Å². The van der Waals surface area contributed by atoms with Gasteiger partial charge in [0.1, 0.15) is 0 Å². The molecule has 1 saturated carbocycles. The first-order valence-electron chi connectivity index (χ1n) is 12.1. The molecule has 5 nitrogen and oxygen atoms in total. The molecule has 3 aliphatic rings. The van der Waals surface area contributed by atoms with E-state index in [1.165, 1.54) is 24.9 Å². The Labute approximate surface area is 195 Å². The second-order valence-electron chi connectivity index (χ2n) is 10.6. The highest BCUT2D eigenvalue weighted by atomic mass is 16.1. The molecule has 0 radical (unpaired) electrons. The molecular weight excluding hydrogens is 408 g/mol. The second-order valence-corrected chi connectivity index (χ2v) is 10.6. The van der Waals surface area contributed by atoms with Gasteiger partial charge in [-0.1, -0.05) is 26.3 Å². The summed E-state index contributed by atoms with van der Waals surface area (Å²) in [7, 11) is 0. The monoisotopic (exact) mass is 438 g/mol. The van der Waals surface area contributed by atoms with Crippen LogP contribution in [-0.2, 0) is 5.41 Å². The molecule has 1 aromatic heterocycles. The molecule has 33 heavy (non-hydrogen) atoms. The molecule has 1 aliphatic heterocycles. The molecule has 6 rings (SSSR count). The zero-order valence-electron chi connectivity index (χ0n) is 19.6. The van der Waals surface area contributed by atoms with Crippen LogP contribution in [0.2, 0.25) is 0 Å². The smallest absolute Gasteiger partial charge is 0.195 e. The SMILES string of the molecule is CC1CN(C2CCC2)CCN1c1ccc2c(c1)C(C)(C)c1[nH]c3cc(C#N)ccc3c1C2=O. The van der Waals surface area contributed by atoms with E-state index in [4.69, 9.17) is 0 Å². The number of rotatable bonds is 2. The van der Waals surface area contributed by atoms with Gasteiger partial charge < -0.3 is 9.88 Å². The maximum absolute atomic E-state index is 13.6. The molecule has 1 atom stereocenters. The number of nitrogens with one attached hydrogen (secondary N) is 1. The molecule has 1 unspecified atom stereocenters. The predicted molar refractivity (Wildman–Crippen MR) is 131 cm³/mol. The quantitative estimate of drug-likeness (QED) is 0.613. The van der Waals surface area contributed by atoms with Crippen LogP contribution in [0.25, 0.3) is 10.9 Å². The highest BCUT2D eigenvalue weighted by Gasteiger charge is 2.40. The third-order valence-electron chi connectivity index (χ3n) is 8.28. The van der Waals surface area contributed by atoms with Crippen LogP contribution in [0.1, 0.15) is 72.8 Å². The molecular formula is C28H30N4O. The van der Waals surface area contributed by atoms with Crippen molar-refractivity contribution in [3.63, 3.8) is 0 Å². The summed E-state index contributed by atoms with van der Waals surface area (Å²) in [5.74, 6) is 0.0738. The van der Waals surface area contributed by atoms with E-state index in [-0.39, 0.29) is 11.2 Å². The molecule has 2 fully saturated rings. The average molecular weight is 439 g/mol. The van der Waals surface area contributed by atoms with Gasteiger partial charge in [-0.05, 0) is 55.7 Å². The molecule has 2 aliphatic carbocycles. The van der Waals surface area contributed by atoms with Gasteiger partial charge in [0.15, 0.2) is 5.78 Å². The normalized spacial score (nSPS) is 22.5. The summed E-state index contributed by atoms with van der Waals surface area (Å²) in [6.07, 6.45) is 4.08. The first-order chi connectivity index (χ1) is 15.9. The zero-order valence-corrected chi connectivity index (χ0v) is 19.6. The van der Waals surface area contributed by atoms with Crippen LogP contribution >= 0.6 is 0 Å². The number of nitriles is 1. The fraction of sp³-hybridized carbons (Fsp3) is 0.429. The van der Waals surface area contributed by atoms with E-state index in [0.29, 0.717) is 11.6 Å². The summed E-state index contributed by atoms with van der Waals surface area (Å²) >= 11 is 0. The predicted octanol–water partition coefficient (Wildman–Crippen LogP) is 4.97. The molecule has 2 heterocycles. The van der Waals surface area contributed by atoms with Gasteiger partial charge in [-0.2, -0.15) is 5.26 Å². The number of benzene rings is 2. The van der Waals surface area contributed by atoms with Gasteiger partial charge >= 0.3 is 0 Å². The van der Waals surface area contributed by atoms with Crippen molar-refractivity contribution in [3.8, 4) is 6.07 Å². The van der Waals surface area contributed by atoms with Crippen LogP contribution in [0.3, 0.4) is 0 Å².